The zero-order valence-electron chi connectivity index (χ0n) is 32.2. The highest BCUT2D eigenvalue weighted by Gasteiger charge is 2.55. The van der Waals surface area contributed by atoms with Crippen molar-refractivity contribution in [1.29, 1.82) is 0 Å². The van der Waals surface area contributed by atoms with Crippen molar-refractivity contribution < 1.29 is 59.8 Å². The normalized spacial score (nSPS) is 36.8. The number of carbonyl (C=O) groups excluding carboxylic acids is 3. The van der Waals surface area contributed by atoms with Crippen LogP contribution in [0.3, 0.4) is 0 Å². The molecule has 11 nitrogen and oxygen atoms in total. The molecule has 1 saturated heterocycles. The minimum Gasteiger partial charge on any atom is -0.464 e. The van der Waals surface area contributed by atoms with Gasteiger partial charge in [-0.05, 0) is 93.8 Å². The third-order valence-electron chi connectivity index (χ3n) is 13.9. The second kappa shape index (κ2) is 16.9. The number of hydrogen-bond acceptors (Lipinski definition) is 10. The first kappa shape index (κ1) is 41.7. The molecule has 5 aliphatic carbocycles. The molecule has 0 radical (unpaired) electrons. The van der Waals surface area contributed by atoms with E-state index in [-0.39, 0.29) is 44.8 Å². The molecule has 6 fully saturated rings. The Bertz CT molecular complexity index is 1380. The largest absolute Gasteiger partial charge is 0.465 e. The van der Waals surface area contributed by atoms with Crippen molar-refractivity contribution in [3.63, 3.8) is 0 Å². The van der Waals surface area contributed by atoms with Gasteiger partial charge in [-0.25, -0.2) is 4.79 Å². The molecule has 0 aromatic heterocycles. The molecule has 7 atom stereocenters. The standard InChI is InChI=1S/C40H62F2O11S/c1-27-16-30-10-6-13-38(19-27,21-30)34(43)52-25-37(26-53-35(44)39-14-7-11-31(22-39)17-28(2)20-39)23-50-33(51-24-37)32(18-29-8-4-3-5-9-29)12-15-49-36(45)40(41,42)54(46,47)48/h27-33H,3-26H2,1-2H3,(H,46,47,48). The Morgan fingerprint density at radius 3 is 1.80 bits per heavy atom. The van der Waals surface area contributed by atoms with Crippen molar-refractivity contribution in [3.05, 3.63) is 0 Å². The first-order valence-electron chi connectivity index (χ1n) is 20.6. The third kappa shape index (κ3) is 9.44. The van der Waals surface area contributed by atoms with Gasteiger partial charge in [0.15, 0.2) is 6.29 Å². The Kier molecular flexibility index (Phi) is 13.1. The van der Waals surface area contributed by atoms with E-state index >= 15 is 0 Å². The van der Waals surface area contributed by atoms with Gasteiger partial charge >= 0.3 is 33.3 Å². The smallest absolute Gasteiger partial charge is 0.464 e. The molecule has 1 N–H and O–H groups in total. The monoisotopic (exact) mass is 788 g/mol. The van der Waals surface area contributed by atoms with Crippen molar-refractivity contribution in [2.75, 3.05) is 33.0 Å². The zero-order valence-corrected chi connectivity index (χ0v) is 33.0. The first-order chi connectivity index (χ1) is 25.5. The van der Waals surface area contributed by atoms with Crippen molar-refractivity contribution in [2.24, 2.45) is 51.8 Å². The van der Waals surface area contributed by atoms with Gasteiger partial charge < -0.3 is 23.7 Å². The number of alkyl halides is 2. The number of fused-ring (bicyclic) bond motifs is 4. The Labute approximate surface area is 319 Å². The molecule has 0 spiro atoms. The van der Waals surface area contributed by atoms with Crippen LogP contribution in [0.5, 0.6) is 0 Å². The zero-order chi connectivity index (χ0) is 38.8. The number of esters is 3. The average Bonchev–Trinajstić information content (AvgIpc) is 3.12. The van der Waals surface area contributed by atoms with Crippen molar-refractivity contribution in [3.8, 4) is 0 Å². The van der Waals surface area contributed by atoms with Crippen LogP contribution in [0.4, 0.5) is 8.78 Å². The molecule has 0 amide bonds. The maximum absolute atomic E-state index is 14.0. The summed E-state index contributed by atoms with van der Waals surface area (Å²) in [6, 6.07) is 0. The lowest BCUT2D eigenvalue weighted by atomic mass is 9.59. The summed E-state index contributed by atoms with van der Waals surface area (Å²) < 4.78 is 88.6. The van der Waals surface area contributed by atoms with Gasteiger partial charge in [0, 0.05) is 5.92 Å². The van der Waals surface area contributed by atoms with Gasteiger partial charge in [0.25, 0.3) is 0 Å². The fourth-order valence-corrected chi connectivity index (χ4v) is 11.7. The first-order valence-corrected chi connectivity index (χ1v) is 22.1. The van der Waals surface area contributed by atoms with Crippen LogP contribution in [0.2, 0.25) is 0 Å². The summed E-state index contributed by atoms with van der Waals surface area (Å²) in [4.78, 5) is 39.9. The van der Waals surface area contributed by atoms with Crippen LogP contribution in [-0.4, -0.2) is 75.5 Å². The summed E-state index contributed by atoms with van der Waals surface area (Å²) in [6.45, 7) is 3.89. The molecule has 308 valence electrons. The van der Waals surface area contributed by atoms with Gasteiger partial charge in [-0.2, -0.15) is 17.2 Å². The summed E-state index contributed by atoms with van der Waals surface area (Å²) >= 11 is 0. The van der Waals surface area contributed by atoms with Crippen LogP contribution in [-0.2, 0) is 48.2 Å². The summed E-state index contributed by atoms with van der Waals surface area (Å²) in [5.41, 5.74) is -2.00. The number of halogens is 2. The summed E-state index contributed by atoms with van der Waals surface area (Å²) in [5, 5.41) is -5.08. The van der Waals surface area contributed by atoms with Crippen molar-refractivity contribution in [2.45, 2.75) is 147 Å². The van der Waals surface area contributed by atoms with Gasteiger partial charge in [0.1, 0.15) is 13.2 Å². The SMILES string of the molecule is CC1CC2CCCC(C(=O)OCC3(COC(=O)C45CCCC(CC(C)C4)C5)COC(C(CCOC(=O)C(F)(F)S(=O)(=O)O)CC4CCCCC4)OC3)(C1)C2. The van der Waals surface area contributed by atoms with E-state index in [9.17, 15) is 31.6 Å². The van der Waals surface area contributed by atoms with E-state index in [2.05, 4.69) is 18.6 Å². The van der Waals surface area contributed by atoms with Gasteiger partial charge in [-0.15, -0.1) is 0 Å². The van der Waals surface area contributed by atoms with Gasteiger partial charge in [0.2, 0.25) is 0 Å². The average molecular weight is 789 g/mol. The third-order valence-corrected chi connectivity index (χ3v) is 14.7. The molecule has 6 rings (SSSR count). The van der Waals surface area contributed by atoms with Crippen LogP contribution in [0.25, 0.3) is 0 Å². The summed E-state index contributed by atoms with van der Waals surface area (Å²) in [5.74, 6) is -0.943. The van der Waals surface area contributed by atoms with Crippen LogP contribution in [0.15, 0.2) is 0 Å². The Morgan fingerprint density at radius 1 is 0.778 bits per heavy atom. The highest BCUT2D eigenvalue weighted by atomic mass is 32.2. The fourth-order valence-electron chi connectivity index (χ4n) is 11.5. The van der Waals surface area contributed by atoms with Crippen LogP contribution in [0.1, 0.15) is 136 Å². The highest BCUT2D eigenvalue weighted by molar-refractivity contribution is 7.87. The molecule has 1 aliphatic heterocycles. The highest BCUT2D eigenvalue weighted by Crippen LogP contribution is 2.53. The number of rotatable bonds is 14. The number of carbonyl (C=O) groups is 3. The second-order valence-electron chi connectivity index (χ2n) is 18.6. The quantitative estimate of drug-likeness (QED) is 0.105. The molecule has 4 bridgehead atoms. The van der Waals surface area contributed by atoms with E-state index in [0.29, 0.717) is 36.0 Å². The molecule has 5 saturated carbocycles. The number of hydrogen-bond donors (Lipinski definition) is 1. The Hall–Kier alpha value is -1.90. The van der Waals surface area contributed by atoms with Gasteiger partial charge in [-0.1, -0.05) is 71.6 Å². The predicted molar refractivity (Wildman–Crippen MR) is 192 cm³/mol. The summed E-state index contributed by atoms with van der Waals surface area (Å²) in [7, 11) is -5.99. The molecular weight excluding hydrogens is 726 g/mol. The van der Waals surface area contributed by atoms with E-state index in [1.54, 1.807) is 0 Å². The van der Waals surface area contributed by atoms with Crippen LogP contribution >= 0.6 is 0 Å². The predicted octanol–water partition coefficient (Wildman–Crippen LogP) is 7.65. The van der Waals surface area contributed by atoms with E-state index in [0.717, 1.165) is 109 Å². The molecule has 0 aromatic rings. The molecule has 0 aromatic carbocycles. The lowest BCUT2D eigenvalue weighted by molar-refractivity contribution is -0.270. The van der Waals surface area contributed by atoms with Crippen molar-refractivity contribution >= 4 is 28.0 Å². The molecule has 1 heterocycles. The van der Waals surface area contributed by atoms with Crippen molar-refractivity contribution in [1.82, 2.24) is 0 Å². The molecule has 6 aliphatic rings. The van der Waals surface area contributed by atoms with Crippen LogP contribution < -0.4 is 0 Å². The van der Waals surface area contributed by atoms with Crippen LogP contribution in [0, 0.1) is 51.8 Å². The van der Waals surface area contributed by atoms with E-state index in [4.69, 9.17) is 23.5 Å². The fraction of sp³-hybridized carbons (Fsp3) is 0.925. The maximum Gasteiger partial charge on any atom is 0.465 e. The lowest BCUT2D eigenvalue weighted by Crippen LogP contribution is -2.52. The Balaban J connectivity index is 1.15. The van der Waals surface area contributed by atoms with Gasteiger partial charge in [-0.3, -0.25) is 14.1 Å². The molecular formula is C40H62F2O11S. The van der Waals surface area contributed by atoms with Gasteiger partial charge in [0.05, 0.1) is 36.1 Å². The molecule has 7 unspecified atom stereocenters. The van der Waals surface area contributed by atoms with E-state index in [1.807, 2.05) is 0 Å². The second-order valence-corrected chi connectivity index (χ2v) is 20.1. The molecule has 54 heavy (non-hydrogen) atoms. The molecule has 14 heteroatoms. The summed E-state index contributed by atoms with van der Waals surface area (Å²) in [6.07, 6.45) is 16.4. The van der Waals surface area contributed by atoms with E-state index < -0.39 is 56.4 Å². The topological polar surface area (TPSA) is 152 Å². The number of ether oxygens (including phenoxy) is 5. The van der Waals surface area contributed by atoms with E-state index in [1.165, 1.54) is 0 Å². The minimum atomic E-state index is -5.99. The maximum atomic E-state index is 14.0. The Morgan fingerprint density at radius 2 is 1.30 bits per heavy atom. The lowest BCUT2D eigenvalue weighted by Gasteiger charge is -2.47. The minimum absolute atomic E-state index is 0.0473.